The maximum absolute atomic E-state index is 5.53. The summed E-state index contributed by atoms with van der Waals surface area (Å²) in [5.74, 6) is 1.40. The highest BCUT2D eigenvalue weighted by molar-refractivity contribution is 7.22. The lowest BCUT2D eigenvalue weighted by molar-refractivity contribution is 0.122. The summed E-state index contributed by atoms with van der Waals surface area (Å²) in [4.78, 5) is 17.2. The second-order valence-corrected chi connectivity index (χ2v) is 8.37. The van der Waals surface area contributed by atoms with Crippen molar-refractivity contribution in [3.63, 3.8) is 0 Å². The van der Waals surface area contributed by atoms with Gasteiger partial charge in [-0.2, -0.15) is 10.1 Å². The third kappa shape index (κ3) is 4.40. The smallest absolute Gasteiger partial charge is 0.246 e. The van der Waals surface area contributed by atoms with E-state index in [0.717, 1.165) is 45.1 Å². The predicted octanol–water partition coefficient (Wildman–Crippen LogP) is 4.34. The number of hydrazone groups is 1. The largest absolute Gasteiger partial charge is 0.378 e. The zero-order valence-corrected chi connectivity index (χ0v) is 18.0. The number of benzene rings is 1. The Morgan fingerprint density at radius 2 is 2.03 bits per heavy atom. The highest BCUT2D eigenvalue weighted by atomic mass is 32.1. The molecule has 1 aliphatic rings. The fraction of sp³-hybridized carbons (Fsp3) is 0.217. The van der Waals surface area contributed by atoms with E-state index in [1.54, 1.807) is 23.7 Å². The van der Waals surface area contributed by atoms with Crippen LogP contribution < -0.4 is 10.3 Å². The van der Waals surface area contributed by atoms with Crippen molar-refractivity contribution >= 4 is 39.5 Å². The highest BCUT2D eigenvalue weighted by Gasteiger charge is 2.20. The van der Waals surface area contributed by atoms with Gasteiger partial charge in [-0.25, -0.2) is 10.4 Å². The number of nitrogens with zero attached hydrogens (tertiary/aromatic N) is 5. The molecule has 0 spiro atoms. The van der Waals surface area contributed by atoms with Gasteiger partial charge in [0.15, 0.2) is 5.82 Å². The van der Waals surface area contributed by atoms with Crippen LogP contribution in [-0.2, 0) is 4.74 Å². The lowest BCUT2D eigenvalue weighted by Gasteiger charge is -2.28. The fourth-order valence-corrected chi connectivity index (χ4v) is 4.62. The highest BCUT2D eigenvalue weighted by Crippen LogP contribution is 2.37. The van der Waals surface area contributed by atoms with Crippen LogP contribution in [0.25, 0.3) is 20.7 Å². The topological polar surface area (TPSA) is 75.5 Å². The van der Waals surface area contributed by atoms with E-state index in [1.165, 1.54) is 5.56 Å². The van der Waals surface area contributed by atoms with Crippen molar-refractivity contribution in [2.24, 2.45) is 5.10 Å². The zero-order valence-electron chi connectivity index (χ0n) is 17.2. The van der Waals surface area contributed by atoms with E-state index in [-0.39, 0.29) is 0 Å². The number of thiophene rings is 1. The van der Waals surface area contributed by atoms with Gasteiger partial charge in [-0.1, -0.05) is 35.9 Å². The third-order valence-corrected chi connectivity index (χ3v) is 6.20. The molecule has 5 rings (SSSR count). The first-order valence-corrected chi connectivity index (χ1v) is 11.0. The second kappa shape index (κ2) is 8.79. The van der Waals surface area contributed by atoms with Gasteiger partial charge in [-0.05, 0) is 24.6 Å². The van der Waals surface area contributed by atoms with E-state index >= 15 is 0 Å². The molecule has 1 N–H and O–H groups in total. The van der Waals surface area contributed by atoms with Crippen LogP contribution in [0.4, 0.5) is 11.8 Å². The fourth-order valence-electron chi connectivity index (χ4n) is 3.52. The Morgan fingerprint density at radius 1 is 1.13 bits per heavy atom. The maximum Gasteiger partial charge on any atom is 0.246 e. The van der Waals surface area contributed by atoms with Gasteiger partial charge in [0.1, 0.15) is 0 Å². The Bertz CT molecular complexity index is 1220. The molecule has 156 valence electrons. The van der Waals surface area contributed by atoms with E-state index in [9.17, 15) is 0 Å². The van der Waals surface area contributed by atoms with E-state index in [4.69, 9.17) is 14.7 Å². The summed E-state index contributed by atoms with van der Waals surface area (Å²) < 4.78 is 6.60. The molecule has 0 unspecified atom stereocenters. The summed E-state index contributed by atoms with van der Waals surface area (Å²) in [5.41, 5.74) is 7.20. The summed E-state index contributed by atoms with van der Waals surface area (Å²) >= 11 is 1.69. The van der Waals surface area contributed by atoms with Gasteiger partial charge < -0.3 is 9.64 Å². The normalized spacial score (nSPS) is 14.4. The van der Waals surface area contributed by atoms with Gasteiger partial charge in [-0.15, -0.1) is 11.3 Å². The number of hydrogen-bond donors (Lipinski definition) is 1. The van der Waals surface area contributed by atoms with Crippen LogP contribution in [0.2, 0.25) is 0 Å². The first kappa shape index (κ1) is 19.6. The SMILES string of the molecule is Cc1cccc(/C=N/Nc2nc(N3CCOCC3)c3sc(-c4cccnc4)cc3n2)c1. The molecule has 1 aliphatic heterocycles. The number of anilines is 2. The molecular formula is C23H22N6OS. The monoisotopic (exact) mass is 430 g/mol. The Labute approximate surface area is 184 Å². The minimum atomic E-state index is 0.480. The number of nitrogens with one attached hydrogen (secondary N) is 1. The van der Waals surface area contributed by atoms with Crippen molar-refractivity contribution in [1.82, 2.24) is 15.0 Å². The minimum Gasteiger partial charge on any atom is -0.378 e. The molecule has 0 radical (unpaired) electrons. The molecule has 0 amide bonds. The molecule has 0 atom stereocenters. The third-order valence-electron chi connectivity index (χ3n) is 5.03. The molecule has 8 heteroatoms. The lowest BCUT2D eigenvalue weighted by atomic mass is 10.2. The van der Waals surface area contributed by atoms with Gasteiger partial charge in [0.25, 0.3) is 0 Å². The number of aryl methyl sites for hydroxylation is 1. The number of aromatic nitrogens is 3. The Kier molecular flexibility index (Phi) is 5.56. The van der Waals surface area contributed by atoms with Gasteiger partial charge >= 0.3 is 0 Å². The molecule has 1 aromatic carbocycles. The lowest BCUT2D eigenvalue weighted by Crippen LogP contribution is -2.36. The van der Waals surface area contributed by atoms with E-state index in [1.807, 2.05) is 24.4 Å². The van der Waals surface area contributed by atoms with Crippen molar-refractivity contribution in [3.8, 4) is 10.4 Å². The Balaban J connectivity index is 1.50. The van der Waals surface area contributed by atoms with E-state index in [2.05, 4.69) is 51.6 Å². The van der Waals surface area contributed by atoms with Gasteiger partial charge in [-0.3, -0.25) is 4.98 Å². The first-order chi connectivity index (χ1) is 15.3. The summed E-state index contributed by atoms with van der Waals surface area (Å²) in [6, 6.07) is 14.3. The molecule has 31 heavy (non-hydrogen) atoms. The average Bonchev–Trinajstić information content (AvgIpc) is 3.24. The van der Waals surface area contributed by atoms with Crippen molar-refractivity contribution < 1.29 is 4.74 Å². The van der Waals surface area contributed by atoms with Crippen molar-refractivity contribution in [3.05, 3.63) is 66.0 Å². The molecule has 1 fully saturated rings. The number of rotatable bonds is 5. The average molecular weight is 431 g/mol. The van der Waals surface area contributed by atoms with Crippen LogP contribution in [0.3, 0.4) is 0 Å². The summed E-state index contributed by atoms with van der Waals surface area (Å²) in [5, 5.41) is 4.36. The number of pyridine rings is 1. The summed E-state index contributed by atoms with van der Waals surface area (Å²) in [6.07, 6.45) is 5.44. The van der Waals surface area contributed by atoms with E-state index in [0.29, 0.717) is 19.2 Å². The number of ether oxygens (including phenoxy) is 1. The molecule has 4 aromatic rings. The van der Waals surface area contributed by atoms with Crippen LogP contribution in [0.5, 0.6) is 0 Å². The molecule has 0 aliphatic carbocycles. The van der Waals surface area contributed by atoms with E-state index < -0.39 is 0 Å². The molecule has 4 heterocycles. The Morgan fingerprint density at radius 3 is 2.84 bits per heavy atom. The standard InChI is InChI=1S/C23H22N6OS/c1-16-4-2-5-17(12-16)14-25-28-23-26-19-13-20(18-6-3-7-24-15-18)31-21(19)22(27-23)29-8-10-30-11-9-29/h2-7,12-15H,8-11H2,1H3,(H,26,27,28)/b25-14+. The van der Waals surface area contributed by atoms with Gasteiger partial charge in [0.2, 0.25) is 5.95 Å². The molecule has 0 bridgehead atoms. The molecule has 1 saturated heterocycles. The van der Waals surface area contributed by atoms with Crippen molar-refractivity contribution in [2.75, 3.05) is 36.6 Å². The zero-order chi connectivity index (χ0) is 21.0. The summed E-state index contributed by atoms with van der Waals surface area (Å²) in [6.45, 7) is 5.06. The number of fused-ring (bicyclic) bond motifs is 1. The van der Waals surface area contributed by atoms with Crippen LogP contribution in [0.15, 0.2) is 60.0 Å². The molecule has 3 aromatic heterocycles. The summed E-state index contributed by atoms with van der Waals surface area (Å²) in [7, 11) is 0. The molecule has 0 saturated carbocycles. The quantitative estimate of drug-likeness (QED) is 0.375. The van der Waals surface area contributed by atoms with Crippen molar-refractivity contribution in [1.29, 1.82) is 0 Å². The molecular weight excluding hydrogens is 408 g/mol. The number of hydrogen-bond acceptors (Lipinski definition) is 8. The van der Waals surface area contributed by atoms with Crippen LogP contribution in [0, 0.1) is 6.92 Å². The second-order valence-electron chi connectivity index (χ2n) is 7.32. The van der Waals surface area contributed by atoms with Crippen molar-refractivity contribution in [2.45, 2.75) is 6.92 Å². The van der Waals surface area contributed by atoms with Crippen LogP contribution in [-0.4, -0.2) is 47.5 Å². The van der Waals surface area contributed by atoms with Crippen LogP contribution >= 0.6 is 11.3 Å². The number of morpholine rings is 1. The van der Waals surface area contributed by atoms with Gasteiger partial charge in [0.05, 0.1) is 29.6 Å². The first-order valence-electron chi connectivity index (χ1n) is 10.2. The van der Waals surface area contributed by atoms with Crippen LogP contribution in [0.1, 0.15) is 11.1 Å². The maximum atomic E-state index is 5.53. The predicted molar refractivity (Wildman–Crippen MR) is 126 cm³/mol. The molecule has 7 nitrogen and oxygen atoms in total. The Hall–Kier alpha value is -3.36. The van der Waals surface area contributed by atoms with Gasteiger partial charge in [0, 0.05) is 35.9 Å². The minimum absolute atomic E-state index is 0.480.